The summed E-state index contributed by atoms with van der Waals surface area (Å²) in [5, 5.41) is 8.90. The highest BCUT2D eigenvalue weighted by atomic mass is 16.5. The van der Waals surface area contributed by atoms with E-state index in [9.17, 15) is 4.79 Å². The predicted molar refractivity (Wildman–Crippen MR) is 67.6 cm³/mol. The van der Waals surface area contributed by atoms with Crippen molar-refractivity contribution >= 4 is 5.97 Å². The Morgan fingerprint density at radius 3 is 2.41 bits per heavy atom. The lowest BCUT2D eigenvalue weighted by Crippen LogP contribution is -2.25. The lowest BCUT2D eigenvalue weighted by atomic mass is 9.85. The van der Waals surface area contributed by atoms with Crippen LogP contribution in [0.5, 0.6) is 5.75 Å². The third-order valence-corrected chi connectivity index (χ3v) is 2.66. The van der Waals surface area contributed by atoms with E-state index in [0.717, 1.165) is 11.1 Å². The van der Waals surface area contributed by atoms with E-state index in [1.54, 1.807) is 6.92 Å². The molecular formula is C14H20O3. The first-order valence-corrected chi connectivity index (χ1v) is 5.73. The Hall–Kier alpha value is -1.51. The molecule has 0 aliphatic carbocycles. The summed E-state index contributed by atoms with van der Waals surface area (Å²) >= 11 is 0. The average molecular weight is 236 g/mol. The highest BCUT2D eigenvalue weighted by molar-refractivity contribution is 5.72. The highest BCUT2D eigenvalue weighted by Crippen LogP contribution is 2.34. The van der Waals surface area contributed by atoms with Crippen LogP contribution in [-0.4, -0.2) is 17.2 Å². The summed E-state index contributed by atoms with van der Waals surface area (Å²) in [5.41, 5.74) is 1.93. The van der Waals surface area contributed by atoms with Gasteiger partial charge in [0.25, 0.3) is 0 Å². The van der Waals surface area contributed by atoms with Gasteiger partial charge in [0.05, 0.1) is 0 Å². The molecule has 0 fully saturated rings. The molecule has 0 bridgehead atoms. The molecule has 94 valence electrons. The molecule has 1 aromatic rings. The number of carboxylic acid groups (broad SMARTS) is 1. The summed E-state index contributed by atoms with van der Waals surface area (Å²) < 4.78 is 5.56. The van der Waals surface area contributed by atoms with E-state index in [2.05, 4.69) is 20.8 Å². The van der Waals surface area contributed by atoms with Gasteiger partial charge in [0.15, 0.2) is 6.10 Å². The highest BCUT2D eigenvalue weighted by Gasteiger charge is 2.23. The molecule has 0 aromatic heterocycles. The van der Waals surface area contributed by atoms with Crippen LogP contribution in [0.2, 0.25) is 0 Å². The van der Waals surface area contributed by atoms with Gasteiger partial charge >= 0.3 is 5.97 Å². The molecule has 1 N–H and O–H groups in total. The van der Waals surface area contributed by atoms with E-state index in [0.29, 0.717) is 5.75 Å². The monoisotopic (exact) mass is 236 g/mol. The lowest BCUT2D eigenvalue weighted by Gasteiger charge is -2.25. The second kappa shape index (κ2) is 4.78. The normalized spacial score (nSPS) is 13.2. The van der Waals surface area contributed by atoms with E-state index in [4.69, 9.17) is 9.84 Å². The molecule has 0 heterocycles. The minimum absolute atomic E-state index is 0.0699. The summed E-state index contributed by atoms with van der Waals surface area (Å²) in [5.74, 6) is -0.261. The van der Waals surface area contributed by atoms with Crippen molar-refractivity contribution in [2.75, 3.05) is 0 Å². The van der Waals surface area contributed by atoms with Crippen LogP contribution in [-0.2, 0) is 10.2 Å². The first-order valence-electron chi connectivity index (χ1n) is 5.73. The van der Waals surface area contributed by atoms with Crippen molar-refractivity contribution in [1.82, 2.24) is 0 Å². The van der Waals surface area contributed by atoms with Crippen molar-refractivity contribution in [3.05, 3.63) is 29.3 Å². The van der Waals surface area contributed by atoms with Gasteiger partial charge in [-0.1, -0.05) is 39.0 Å². The van der Waals surface area contributed by atoms with Gasteiger partial charge in [-0.2, -0.15) is 0 Å². The van der Waals surface area contributed by atoms with Crippen LogP contribution in [0.4, 0.5) is 0 Å². The zero-order valence-electron chi connectivity index (χ0n) is 11.1. The topological polar surface area (TPSA) is 46.5 Å². The molecule has 0 aliphatic heterocycles. The van der Waals surface area contributed by atoms with Gasteiger partial charge in [-0.15, -0.1) is 0 Å². The number of hydrogen-bond donors (Lipinski definition) is 1. The van der Waals surface area contributed by atoms with Crippen molar-refractivity contribution in [3.8, 4) is 5.75 Å². The Kier molecular flexibility index (Phi) is 3.81. The largest absolute Gasteiger partial charge is 0.479 e. The molecule has 1 aromatic carbocycles. The fraction of sp³-hybridized carbons (Fsp3) is 0.500. The summed E-state index contributed by atoms with van der Waals surface area (Å²) in [7, 11) is 0. The van der Waals surface area contributed by atoms with Gasteiger partial charge in [0.2, 0.25) is 0 Å². The number of ether oxygens (including phenoxy) is 1. The Morgan fingerprint density at radius 2 is 1.94 bits per heavy atom. The molecule has 0 spiro atoms. The maximum absolute atomic E-state index is 10.9. The SMILES string of the molecule is Cc1cccc(C(C)(C)C)c1OC(C)C(=O)O. The van der Waals surface area contributed by atoms with Crippen LogP contribution >= 0.6 is 0 Å². The fourth-order valence-electron chi connectivity index (χ4n) is 1.63. The maximum atomic E-state index is 10.9. The number of hydrogen-bond acceptors (Lipinski definition) is 2. The van der Waals surface area contributed by atoms with E-state index in [1.807, 2.05) is 25.1 Å². The van der Waals surface area contributed by atoms with E-state index >= 15 is 0 Å². The van der Waals surface area contributed by atoms with Crippen LogP contribution in [0.3, 0.4) is 0 Å². The summed E-state index contributed by atoms with van der Waals surface area (Å²) in [4.78, 5) is 10.9. The summed E-state index contributed by atoms with van der Waals surface area (Å²) in [6, 6.07) is 5.88. The molecule has 17 heavy (non-hydrogen) atoms. The lowest BCUT2D eigenvalue weighted by molar-refractivity contribution is -0.144. The van der Waals surface area contributed by atoms with Gasteiger partial charge in [-0.05, 0) is 30.4 Å². The molecule has 1 unspecified atom stereocenters. The molecule has 1 rings (SSSR count). The number of benzene rings is 1. The Bertz CT molecular complexity index is 416. The molecule has 0 saturated heterocycles. The predicted octanol–water partition coefficient (Wildman–Crippen LogP) is 3.14. The first kappa shape index (κ1) is 13.6. The van der Waals surface area contributed by atoms with E-state index in [-0.39, 0.29) is 5.41 Å². The maximum Gasteiger partial charge on any atom is 0.344 e. The quantitative estimate of drug-likeness (QED) is 0.877. The number of aryl methyl sites for hydroxylation is 1. The zero-order chi connectivity index (χ0) is 13.2. The molecule has 0 radical (unpaired) electrons. The standard InChI is InChI=1S/C14H20O3/c1-9-7-6-8-11(14(3,4)5)12(9)17-10(2)13(15)16/h6-8,10H,1-5H3,(H,15,16). The zero-order valence-corrected chi connectivity index (χ0v) is 11.1. The third kappa shape index (κ3) is 3.22. The molecule has 1 atom stereocenters. The van der Waals surface area contributed by atoms with Gasteiger partial charge in [0, 0.05) is 0 Å². The minimum atomic E-state index is -0.951. The van der Waals surface area contributed by atoms with Gasteiger partial charge in [-0.25, -0.2) is 4.79 Å². The van der Waals surface area contributed by atoms with Crippen LogP contribution in [0, 0.1) is 6.92 Å². The molecule has 0 amide bonds. The van der Waals surface area contributed by atoms with Crippen molar-refractivity contribution in [1.29, 1.82) is 0 Å². The Morgan fingerprint density at radius 1 is 1.35 bits per heavy atom. The minimum Gasteiger partial charge on any atom is -0.479 e. The number of para-hydroxylation sites is 1. The van der Waals surface area contributed by atoms with E-state index < -0.39 is 12.1 Å². The van der Waals surface area contributed by atoms with Gasteiger partial charge < -0.3 is 9.84 Å². The van der Waals surface area contributed by atoms with Crippen LogP contribution in [0.25, 0.3) is 0 Å². The Balaban J connectivity index is 3.17. The second-order valence-electron chi connectivity index (χ2n) is 5.30. The molecule has 3 nitrogen and oxygen atoms in total. The van der Waals surface area contributed by atoms with Crippen LogP contribution in [0.1, 0.15) is 38.8 Å². The molecule has 3 heteroatoms. The third-order valence-electron chi connectivity index (χ3n) is 2.66. The van der Waals surface area contributed by atoms with Crippen molar-refractivity contribution in [2.45, 2.75) is 46.1 Å². The molecule has 0 aliphatic rings. The second-order valence-corrected chi connectivity index (χ2v) is 5.30. The number of aliphatic carboxylic acids is 1. The summed E-state index contributed by atoms with van der Waals surface area (Å²) in [6.07, 6.45) is -0.836. The number of carboxylic acids is 1. The Labute approximate surface area is 102 Å². The van der Waals surface area contributed by atoms with Crippen molar-refractivity contribution in [3.63, 3.8) is 0 Å². The average Bonchev–Trinajstić information content (AvgIpc) is 2.18. The first-order chi connectivity index (χ1) is 7.73. The molecular weight excluding hydrogens is 216 g/mol. The van der Waals surface area contributed by atoms with Crippen molar-refractivity contribution < 1.29 is 14.6 Å². The summed E-state index contributed by atoms with van der Waals surface area (Å²) in [6.45, 7) is 9.72. The van der Waals surface area contributed by atoms with Crippen LogP contribution in [0.15, 0.2) is 18.2 Å². The fourth-order valence-corrected chi connectivity index (χ4v) is 1.63. The van der Waals surface area contributed by atoms with Crippen LogP contribution < -0.4 is 4.74 Å². The van der Waals surface area contributed by atoms with E-state index in [1.165, 1.54) is 0 Å². The number of carbonyl (C=O) groups is 1. The van der Waals surface area contributed by atoms with Gasteiger partial charge in [-0.3, -0.25) is 0 Å². The number of rotatable bonds is 3. The smallest absolute Gasteiger partial charge is 0.344 e. The van der Waals surface area contributed by atoms with Crippen molar-refractivity contribution in [2.24, 2.45) is 0 Å². The van der Waals surface area contributed by atoms with Gasteiger partial charge in [0.1, 0.15) is 5.75 Å². The molecule has 0 saturated carbocycles.